The fourth-order valence-electron chi connectivity index (χ4n) is 3.42. The minimum atomic E-state index is -0.395. The fraction of sp³-hybridized carbons (Fsp3) is 0.273. The minimum Gasteiger partial charge on any atom is -0.338 e. The van der Waals surface area contributed by atoms with Crippen molar-refractivity contribution in [3.63, 3.8) is 0 Å². The Kier molecular flexibility index (Phi) is 5.37. The maximum Gasteiger partial charge on any atom is 0.260 e. The number of amides is 2. The Morgan fingerprint density at radius 3 is 2.69 bits per heavy atom. The topological polar surface area (TPSA) is 88.3 Å². The number of aryl methyl sites for hydroxylation is 1. The fourth-order valence-corrected chi connectivity index (χ4v) is 3.42. The third kappa shape index (κ3) is 4.18. The molecule has 1 saturated heterocycles. The van der Waals surface area contributed by atoms with Gasteiger partial charge in [0.05, 0.1) is 17.2 Å². The predicted molar refractivity (Wildman–Crippen MR) is 108 cm³/mol. The van der Waals surface area contributed by atoms with Crippen molar-refractivity contribution < 1.29 is 14.1 Å². The van der Waals surface area contributed by atoms with E-state index in [0.717, 1.165) is 5.56 Å². The van der Waals surface area contributed by atoms with Gasteiger partial charge in [-0.2, -0.15) is 4.98 Å². The number of anilines is 1. The average Bonchev–Trinajstić information content (AvgIpc) is 3.36. The van der Waals surface area contributed by atoms with Gasteiger partial charge in [0.15, 0.2) is 5.82 Å². The van der Waals surface area contributed by atoms with Crippen LogP contribution in [0.25, 0.3) is 11.5 Å². The zero-order valence-electron chi connectivity index (χ0n) is 16.2. The van der Waals surface area contributed by atoms with E-state index in [1.807, 2.05) is 55.5 Å². The summed E-state index contributed by atoms with van der Waals surface area (Å²) in [5, 5.41) is 6.86. The number of para-hydroxylation sites is 1. The number of benzene rings is 2. The largest absolute Gasteiger partial charge is 0.338 e. The predicted octanol–water partition coefficient (Wildman–Crippen LogP) is 3.29. The lowest BCUT2D eigenvalue weighted by Crippen LogP contribution is -2.28. The number of nitrogens with one attached hydrogen (secondary N) is 1. The third-order valence-corrected chi connectivity index (χ3v) is 5.00. The summed E-state index contributed by atoms with van der Waals surface area (Å²) in [5.74, 6) is 0.390. The summed E-state index contributed by atoms with van der Waals surface area (Å²) < 4.78 is 5.32. The van der Waals surface area contributed by atoms with E-state index < -0.39 is 5.92 Å². The third-order valence-electron chi connectivity index (χ3n) is 5.00. The molecule has 0 aliphatic carbocycles. The molecule has 0 unspecified atom stereocenters. The standard InChI is InChI=1S/C22H22N4O3/c1-2-19-24-22(29-25-19)17-10-6-7-11-18(17)23-21(28)16-12-20(27)26(14-16)13-15-8-4-3-5-9-15/h3-11,16H,2,12-14H2,1H3,(H,23,28)/t16-/m0/s1. The van der Waals surface area contributed by atoms with Crippen LogP contribution in [0.4, 0.5) is 5.69 Å². The highest BCUT2D eigenvalue weighted by molar-refractivity contribution is 5.99. The number of likely N-dealkylation sites (tertiary alicyclic amines) is 1. The summed E-state index contributed by atoms with van der Waals surface area (Å²) in [6.07, 6.45) is 0.876. The first-order chi connectivity index (χ1) is 14.1. The van der Waals surface area contributed by atoms with Crippen molar-refractivity contribution in [3.8, 4) is 11.5 Å². The Hall–Kier alpha value is -3.48. The molecule has 2 heterocycles. The summed E-state index contributed by atoms with van der Waals surface area (Å²) in [4.78, 5) is 31.3. The van der Waals surface area contributed by atoms with E-state index in [-0.39, 0.29) is 18.2 Å². The SMILES string of the molecule is CCc1noc(-c2ccccc2NC(=O)[C@H]2CC(=O)N(Cc3ccccc3)C2)n1. The van der Waals surface area contributed by atoms with Crippen molar-refractivity contribution in [2.75, 3.05) is 11.9 Å². The molecule has 7 heteroatoms. The zero-order valence-corrected chi connectivity index (χ0v) is 16.2. The first kappa shape index (κ1) is 18.9. The van der Waals surface area contributed by atoms with Gasteiger partial charge in [0, 0.05) is 25.9 Å². The van der Waals surface area contributed by atoms with Gasteiger partial charge in [0.1, 0.15) is 0 Å². The first-order valence-corrected chi connectivity index (χ1v) is 9.68. The molecular weight excluding hydrogens is 368 g/mol. The number of rotatable bonds is 6. The second-order valence-corrected chi connectivity index (χ2v) is 7.07. The number of hydrogen-bond acceptors (Lipinski definition) is 5. The van der Waals surface area contributed by atoms with Crippen LogP contribution < -0.4 is 5.32 Å². The van der Waals surface area contributed by atoms with Crippen LogP contribution in [-0.4, -0.2) is 33.4 Å². The Morgan fingerprint density at radius 1 is 1.17 bits per heavy atom. The second-order valence-electron chi connectivity index (χ2n) is 7.07. The summed E-state index contributed by atoms with van der Waals surface area (Å²) in [6.45, 7) is 2.87. The molecule has 4 rings (SSSR count). The van der Waals surface area contributed by atoms with Crippen LogP contribution in [0.5, 0.6) is 0 Å². The van der Waals surface area contributed by atoms with Gasteiger partial charge in [-0.15, -0.1) is 0 Å². The smallest absolute Gasteiger partial charge is 0.260 e. The van der Waals surface area contributed by atoms with Crippen molar-refractivity contribution in [1.82, 2.24) is 15.0 Å². The van der Waals surface area contributed by atoms with Crippen molar-refractivity contribution in [2.24, 2.45) is 5.92 Å². The van der Waals surface area contributed by atoms with E-state index in [1.165, 1.54) is 0 Å². The van der Waals surface area contributed by atoms with Crippen molar-refractivity contribution in [3.05, 3.63) is 66.0 Å². The van der Waals surface area contributed by atoms with Crippen LogP contribution in [0.3, 0.4) is 0 Å². The molecule has 2 aromatic carbocycles. The summed E-state index contributed by atoms with van der Waals surface area (Å²) >= 11 is 0. The Bertz CT molecular complexity index is 1020. The monoisotopic (exact) mass is 390 g/mol. The lowest BCUT2D eigenvalue weighted by Gasteiger charge is -2.17. The molecule has 0 spiro atoms. The Morgan fingerprint density at radius 2 is 1.93 bits per heavy atom. The molecule has 1 aromatic heterocycles. The van der Waals surface area contributed by atoms with Gasteiger partial charge in [-0.25, -0.2) is 0 Å². The molecule has 0 bridgehead atoms. The zero-order chi connectivity index (χ0) is 20.2. The van der Waals surface area contributed by atoms with Crippen LogP contribution in [0.1, 0.15) is 24.7 Å². The van der Waals surface area contributed by atoms with Crippen LogP contribution in [0.2, 0.25) is 0 Å². The van der Waals surface area contributed by atoms with Gasteiger partial charge in [0.2, 0.25) is 11.8 Å². The quantitative estimate of drug-likeness (QED) is 0.698. The highest BCUT2D eigenvalue weighted by atomic mass is 16.5. The molecule has 2 amide bonds. The molecule has 0 saturated carbocycles. The molecule has 1 atom stereocenters. The van der Waals surface area contributed by atoms with Gasteiger partial charge in [-0.1, -0.05) is 54.5 Å². The minimum absolute atomic E-state index is 0.00761. The van der Waals surface area contributed by atoms with Crippen LogP contribution in [0.15, 0.2) is 59.1 Å². The molecule has 148 valence electrons. The van der Waals surface area contributed by atoms with E-state index in [9.17, 15) is 9.59 Å². The van der Waals surface area contributed by atoms with E-state index in [1.54, 1.807) is 11.0 Å². The summed E-state index contributed by atoms with van der Waals surface area (Å²) in [5.41, 5.74) is 2.31. The van der Waals surface area contributed by atoms with Crippen LogP contribution >= 0.6 is 0 Å². The molecule has 1 aliphatic rings. The van der Waals surface area contributed by atoms with Crippen molar-refractivity contribution >= 4 is 17.5 Å². The maximum absolute atomic E-state index is 12.8. The molecular formula is C22H22N4O3. The first-order valence-electron chi connectivity index (χ1n) is 9.68. The average molecular weight is 390 g/mol. The van der Waals surface area contributed by atoms with Gasteiger partial charge >= 0.3 is 0 Å². The van der Waals surface area contributed by atoms with E-state index >= 15 is 0 Å². The van der Waals surface area contributed by atoms with E-state index in [2.05, 4.69) is 15.5 Å². The molecule has 1 N–H and O–H groups in total. The number of nitrogens with zero attached hydrogens (tertiary/aromatic N) is 3. The van der Waals surface area contributed by atoms with Crippen molar-refractivity contribution in [1.29, 1.82) is 0 Å². The van der Waals surface area contributed by atoms with Crippen LogP contribution in [0, 0.1) is 5.92 Å². The van der Waals surface area contributed by atoms with Gasteiger partial charge in [0.25, 0.3) is 5.89 Å². The lowest BCUT2D eigenvalue weighted by molar-refractivity contribution is -0.128. The van der Waals surface area contributed by atoms with Gasteiger partial charge < -0.3 is 14.7 Å². The highest BCUT2D eigenvalue weighted by Gasteiger charge is 2.34. The van der Waals surface area contributed by atoms with E-state index in [0.29, 0.717) is 42.5 Å². The normalized spacial score (nSPS) is 16.2. The molecule has 1 fully saturated rings. The number of carbonyl (C=O) groups excluding carboxylic acids is 2. The Balaban J connectivity index is 1.46. The molecule has 29 heavy (non-hydrogen) atoms. The van der Waals surface area contributed by atoms with Crippen molar-refractivity contribution in [2.45, 2.75) is 26.3 Å². The molecule has 3 aromatic rings. The summed E-state index contributed by atoms with van der Waals surface area (Å²) in [7, 11) is 0. The lowest BCUT2D eigenvalue weighted by atomic mass is 10.1. The maximum atomic E-state index is 12.8. The molecule has 1 aliphatic heterocycles. The highest BCUT2D eigenvalue weighted by Crippen LogP contribution is 2.28. The second kappa shape index (κ2) is 8.26. The van der Waals surface area contributed by atoms with Gasteiger partial charge in [-0.3, -0.25) is 9.59 Å². The summed E-state index contributed by atoms with van der Waals surface area (Å²) in [6, 6.07) is 17.1. The number of hydrogen-bond donors (Lipinski definition) is 1. The Labute approximate surface area is 168 Å². The van der Waals surface area contributed by atoms with Gasteiger partial charge in [-0.05, 0) is 17.7 Å². The number of carbonyl (C=O) groups is 2. The number of aromatic nitrogens is 2. The molecule has 7 nitrogen and oxygen atoms in total. The molecule has 0 radical (unpaired) electrons. The van der Waals surface area contributed by atoms with Crippen LogP contribution in [-0.2, 0) is 22.6 Å². The van der Waals surface area contributed by atoms with E-state index in [4.69, 9.17) is 4.52 Å².